The van der Waals surface area contributed by atoms with Crippen LogP contribution in [0.4, 0.5) is 9.59 Å². The molecule has 0 aromatic carbocycles. The summed E-state index contributed by atoms with van der Waals surface area (Å²) in [5.74, 6) is 0.274. The second-order valence-corrected chi connectivity index (χ2v) is 21.4. The molecular formula is C78H118N18O8. The summed E-state index contributed by atoms with van der Waals surface area (Å²) in [6.45, 7) is 22.2. The number of aromatic nitrogens is 12. The van der Waals surface area contributed by atoms with E-state index >= 15 is 0 Å². The molecule has 568 valence electrons. The van der Waals surface area contributed by atoms with Crippen LogP contribution in [0.2, 0.25) is 0 Å². The molecule has 1 amide bonds. The molecule has 0 saturated carbocycles. The minimum absolute atomic E-state index is 0. The summed E-state index contributed by atoms with van der Waals surface area (Å²) in [6, 6.07) is 44.4. The molecule has 0 aliphatic carbocycles. The van der Waals surface area contributed by atoms with E-state index in [0.29, 0.717) is 52.9 Å². The largest absolute Gasteiger partial charge is 0.514 e. The Balaban J connectivity index is -0.000000264. The van der Waals surface area contributed by atoms with Gasteiger partial charge in [-0.1, -0.05) is 137 Å². The number of aliphatic imine (C=N–C) groups is 1. The van der Waals surface area contributed by atoms with Gasteiger partial charge in [0, 0.05) is 70.1 Å². The van der Waals surface area contributed by atoms with Gasteiger partial charge < -0.3 is 30.9 Å². The molecule has 26 heteroatoms. The van der Waals surface area contributed by atoms with Crippen LogP contribution in [0.3, 0.4) is 0 Å². The lowest BCUT2D eigenvalue weighted by Crippen LogP contribution is -2.30. The Morgan fingerprint density at radius 2 is 0.904 bits per heavy atom. The number of fused-ring (bicyclic) bond motifs is 2. The van der Waals surface area contributed by atoms with Crippen molar-refractivity contribution in [3.63, 3.8) is 0 Å². The fraction of sp³-hybridized carbons (Fsp3) is 0.346. The van der Waals surface area contributed by atoms with Crippen LogP contribution in [0.1, 0.15) is 204 Å². The summed E-state index contributed by atoms with van der Waals surface area (Å²) in [5, 5.41) is 31.1. The zero-order chi connectivity index (χ0) is 70.7. The van der Waals surface area contributed by atoms with E-state index in [0.717, 1.165) is 45.9 Å². The first-order chi connectivity index (χ1) is 46.0. The Morgan fingerprint density at radius 3 is 1.25 bits per heavy atom. The first kappa shape index (κ1) is 103. The standard InChI is InChI=1S/C13H19N3O2.C13H17NO3.C8H9N3.C8H10N2.C7H8N4.2C7H8N2O.C7H7NO.8CH4/c1-5-10(11-8-6-7-9-14-11)15-16-12(17)18-13(2,3)4;1-5-11(10-8-6-7-9-14-10)16-12(15)17-13(2,3)4;1-2-7-8-5-3-4-6-11(8)10-9-7;1-7(9-2)8-5-3-4-6-10-8;8-5-6-7-3-1-2-4-11(7)10-9-6;1-6(9-10)7-4-2-3-5-8-7;8-5-7(10)6-3-1-2-4-9-6;1-6(9)7-4-2-3-5-8-7;;;;;;;;/h6-9H,5H2,1-4H3,(H,16,17);5-9H,1-4H3;3-6H,2H2,1H3;3-6H,1-2H3;1-4H,5,8H2;2-5,10H,1H3;1-4H,5,8H2;2-5H,1H3;8*1H4/b15-10-;11-5+;;;;;;;;;;;;;;. The summed E-state index contributed by atoms with van der Waals surface area (Å²) in [6.07, 6.45) is 15.7. The molecular weight excluding hydrogens is 1320 g/mol. The zero-order valence-electron chi connectivity index (χ0n) is 56.5. The number of nitrogens with zero attached hydrogens (tertiary/aromatic N) is 15. The van der Waals surface area contributed by atoms with Crippen molar-refractivity contribution < 1.29 is 38.6 Å². The van der Waals surface area contributed by atoms with E-state index in [1.165, 1.54) is 6.92 Å². The minimum Gasteiger partial charge on any atom is -0.443 e. The number of hydrogen-bond donors (Lipinski definition) is 4. The monoisotopic (exact) mass is 1430 g/mol. The molecule has 0 unspecified atom stereocenters. The van der Waals surface area contributed by atoms with Crippen molar-refractivity contribution in [1.82, 2.24) is 65.0 Å². The van der Waals surface area contributed by atoms with Gasteiger partial charge in [-0.3, -0.25) is 44.5 Å². The predicted molar refractivity (Wildman–Crippen MR) is 425 cm³/mol. The molecule has 10 heterocycles. The maximum atomic E-state index is 11.5. The molecule has 10 aromatic rings. The molecule has 0 saturated heterocycles. The van der Waals surface area contributed by atoms with Gasteiger partial charge in [0.15, 0.2) is 17.3 Å². The van der Waals surface area contributed by atoms with Gasteiger partial charge in [0.05, 0.1) is 51.8 Å². The fourth-order valence-electron chi connectivity index (χ4n) is 7.10. The number of nitrogens with one attached hydrogen (secondary N) is 1. The predicted octanol–water partition coefficient (Wildman–Crippen LogP) is 17.0. The summed E-state index contributed by atoms with van der Waals surface area (Å²) < 4.78 is 18.8. The summed E-state index contributed by atoms with van der Waals surface area (Å²) in [7, 11) is 1.77. The van der Waals surface area contributed by atoms with Gasteiger partial charge in [0.25, 0.3) is 0 Å². The molecule has 0 fully saturated rings. The van der Waals surface area contributed by atoms with E-state index in [4.69, 9.17) is 30.9 Å². The number of ether oxygens (including phenoxy) is 3. The van der Waals surface area contributed by atoms with Gasteiger partial charge in [-0.2, -0.15) is 5.10 Å². The summed E-state index contributed by atoms with van der Waals surface area (Å²) in [4.78, 5) is 72.4. The number of allylic oxidation sites excluding steroid dienone is 1. The lowest BCUT2D eigenvalue weighted by molar-refractivity contribution is 0.0146. The number of pyridine rings is 8. The number of carbonyl (C=O) groups excluding carboxylic acids is 4. The number of hydrogen-bond acceptors (Lipinski definition) is 23. The highest BCUT2D eigenvalue weighted by Gasteiger charge is 2.20. The third-order valence-electron chi connectivity index (χ3n) is 11.8. The molecule has 104 heavy (non-hydrogen) atoms. The molecule has 0 aliphatic heterocycles. The lowest BCUT2D eigenvalue weighted by atomic mass is 10.2. The van der Waals surface area contributed by atoms with Crippen LogP contribution in [-0.4, -0.2) is 131 Å². The van der Waals surface area contributed by atoms with E-state index in [2.05, 4.69) is 78.1 Å². The number of hydrazone groups is 1. The van der Waals surface area contributed by atoms with Gasteiger partial charge in [-0.05, 0) is 178 Å². The van der Waals surface area contributed by atoms with E-state index in [1.807, 2.05) is 117 Å². The van der Waals surface area contributed by atoms with Crippen LogP contribution in [-0.2, 0) is 27.2 Å². The number of Topliss-reactive ketones (excluding diaryl/α,β-unsaturated/α-hetero) is 2. The van der Waals surface area contributed by atoms with Crippen LogP contribution in [0, 0.1) is 0 Å². The number of amides is 1. The summed E-state index contributed by atoms with van der Waals surface area (Å²) >= 11 is 0. The molecule has 26 nitrogen and oxygen atoms in total. The number of nitrogens with two attached hydrogens (primary N) is 2. The Hall–Kier alpha value is -11.5. The fourth-order valence-corrected chi connectivity index (χ4v) is 7.10. The zero-order valence-corrected chi connectivity index (χ0v) is 56.5. The first-order valence-corrected chi connectivity index (χ1v) is 30.3. The molecule has 10 rings (SSSR count). The van der Waals surface area contributed by atoms with Crippen molar-refractivity contribution in [2.24, 2.45) is 26.7 Å². The topological polar surface area (TPSA) is 355 Å². The van der Waals surface area contributed by atoms with Crippen LogP contribution >= 0.6 is 0 Å². The Bertz CT molecular complexity index is 3870. The van der Waals surface area contributed by atoms with E-state index < -0.39 is 23.5 Å². The Kier molecular flexibility index (Phi) is 56.9. The van der Waals surface area contributed by atoms with Crippen LogP contribution < -0.4 is 16.9 Å². The van der Waals surface area contributed by atoms with Gasteiger partial charge in [0.1, 0.15) is 39.7 Å². The maximum Gasteiger partial charge on any atom is 0.514 e. The van der Waals surface area contributed by atoms with Gasteiger partial charge in [-0.25, -0.2) is 24.0 Å². The maximum absolute atomic E-state index is 11.5. The second-order valence-electron chi connectivity index (χ2n) is 21.4. The average molecular weight is 1440 g/mol. The van der Waals surface area contributed by atoms with E-state index in [1.54, 1.807) is 169 Å². The first-order valence-electron chi connectivity index (χ1n) is 30.3. The molecule has 6 N–H and O–H groups in total. The van der Waals surface area contributed by atoms with Crippen molar-refractivity contribution in [2.45, 2.75) is 173 Å². The highest BCUT2D eigenvalue weighted by molar-refractivity contribution is 5.99. The van der Waals surface area contributed by atoms with E-state index in [9.17, 15) is 19.2 Å². The average Bonchev–Trinajstić information content (AvgIpc) is 1.71. The van der Waals surface area contributed by atoms with Crippen molar-refractivity contribution >= 4 is 57.7 Å². The minimum atomic E-state index is -0.726. The molecule has 10 aromatic heterocycles. The molecule has 0 bridgehead atoms. The van der Waals surface area contributed by atoms with Crippen molar-refractivity contribution in [3.8, 4) is 0 Å². The van der Waals surface area contributed by atoms with Gasteiger partial charge in [-0.15, -0.1) is 10.2 Å². The highest BCUT2D eigenvalue weighted by Crippen LogP contribution is 2.17. The molecule has 0 spiro atoms. The smallest absolute Gasteiger partial charge is 0.443 e. The third-order valence-corrected chi connectivity index (χ3v) is 11.8. The van der Waals surface area contributed by atoms with Crippen LogP contribution in [0.15, 0.2) is 216 Å². The Morgan fingerprint density at radius 1 is 0.519 bits per heavy atom. The molecule has 0 atom stereocenters. The third kappa shape index (κ3) is 40.7. The second kappa shape index (κ2) is 57.2. The number of carbonyl (C=O) groups is 4. The Labute approximate surface area is 618 Å². The number of rotatable bonds is 12. The van der Waals surface area contributed by atoms with Gasteiger partial charge in [0.2, 0.25) is 0 Å². The SMILES string of the molecule is C.C.C.C.C.C.C.C.C/C=C(/OC(=O)OC(C)(C)C)c1ccccn1.CC(=NO)c1ccccn1.CC(=O)c1ccccn1.CC/C(=N/NC(=O)OC(C)(C)C)c1ccccn1.CCc1nnn2ccccc12.CN=C(C)c1ccccn1.NCC(=O)c1ccccn1.NCc1nnn2ccccc12. The number of ketones is 2. The highest BCUT2D eigenvalue weighted by atomic mass is 16.7. The normalized spacial score (nSPS) is 10.2. The quantitative estimate of drug-likeness (QED) is 0.0220. The van der Waals surface area contributed by atoms with Crippen molar-refractivity contribution in [2.75, 3.05) is 13.6 Å². The number of oxime groups is 1. The number of aryl methyl sites for hydroxylation is 1. The van der Waals surface area contributed by atoms with E-state index in [-0.39, 0.29) is 77.5 Å². The lowest BCUT2D eigenvalue weighted by Gasteiger charge is -2.19. The summed E-state index contributed by atoms with van der Waals surface area (Å²) in [5.41, 5.74) is 22.0. The van der Waals surface area contributed by atoms with Crippen LogP contribution in [0.25, 0.3) is 16.8 Å². The van der Waals surface area contributed by atoms with Crippen molar-refractivity contribution in [3.05, 3.63) is 247 Å². The van der Waals surface area contributed by atoms with Crippen LogP contribution in [0.5, 0.6) is 0 Å². The molecule has 0 aliphatic rings. The van der Waals surface area contributed by atoms with Crippen molar-refractivity contribution in [1.29, 1.82) is 0 Å². The van der Waals surface area contributed by atoms with Gasteiger partial charge >= 0.3 is 12.2 Å². The molecule has 0 radical (unpaired) electrons.